The van der Waals surface area contributed by atoms with Crippen molar-refractivity contribution in [1.29, 1.82) is 0 Å². The summed E-state index contributed by atoms with van der Waals surface area (Å²) < 4.78 is 0. The Morgan fingerprint density at radius 1 is 1.12 bits per heavy atom. The van der Waals surface area contributed by atoms with Gasteiger partial charge in [-0.3, -0.25) is 4.99 Å². The molecule has 0 saturated carbocycles. The Balaban J connectivity index is 1.56. The van der Waals surface area contributed by atoms with Crippen molar-refractivity contribution in [3.63, 3.8) is 0 Å². The summed E-state index contributed by atoms with van der Waals surface area (Å²) in [5.41, 5.74) is 3.94. The SMILES string of the molecule is CN=C(NCc1ccc(C)cc1C)N1CCN(c2ccccn2)CC1. The summed E-state index contributed by atoms with van der Waals surface area (Å²) in [5.74, 6) is 2.03. The van der Waals surface area contributed by atoms with E-state index in [-0.39, 0.29) is 0 Å². The predicted octanol–water partition coefficient (Wildman–Crippen LogP) is 2.60. The number of benzene rings is 1. The molecule has 2 heterocycles. The van der Waals surface area contributed by atoms with Crippen LogP contribution in [0, 0.1) is 13.8 Å². The summed E-state index contributed by atoms with van der Waals surface area (Å²) in [6.45, 7) is 8.91. The van der Waals surface area contributed by atoms with Crippen LogP contribution in [-0.2, 0) is 6.54 Å². The fourth-order valence-corrected chi connectivity index (χ4v) is 3.24. The van der Waals surface area contributed by atoms with E-state index in [1.165, 1.54) is 16.7 Å². The number of piperazine rings is 1. The molecule has 5 nitrogen and oxygen atoms in total. The van der Waals surface area contributed by atoms with Gasteiger partial charge in [-0.1, -0.05) is 29.8 Å². The fraction of sp³-hybridized carbons (Fsp3) is 0.400. The summed E-state index contributed by atoms with van der Waals surface area (Å²) in [6.07, 6.45) is 1.85. The first-order valence-electron chi connectivity index (χ1n) is 8.85. The Kier molecular flexibility index (Phi) is 5.53. The Bertz CT molecular complexity index is 718. The molecule has 0 bridgehead atoms. The normalized spacial score (nSPS) is 15.4. The molecule has 1 aliphatic heterocycles. The van der Waals surface area contributed by atoms with Crippen LogP contribution in [0.5, 0.6) is 0 Å². The minimum Gasteiger partial charge on any atom is -0.353 e. The van der Waals surface area contributed by atoms with Gasteiger partial charge in [0.05, 0.1) is 0 Å². The highest BCUT2D eigenvalue weighted by atomic mass is 15.4. The molecule has 0 spiro atoms. The molecule has 1 fully saturated rings. The highest BCUT2D eigenvalue weighted by Crippen LogP contribution is 2.13. The summed E-state index contributed by atoms with van der Waals surface area (Å²) in [5, 5.41) is 3.51. The molecule has 1 saturated heterocycles. The fourth-order valence-electron chi connectivity index (χ4n) is 3.24. The summed E-state index contributed by atoms with van der Waals surface area (Å²) in [7, 11) is 1.86. The molecule has 0 radical (unpaired) electrons. The first-order chi connectivity index (χ1) is 12.2. The third-order valence-corrected chi connectivity index (χ3v) is 4.70. The van der Waals surface area contributed by atoms with Crippen molar-refractivity contribution in [2.24, 2.45) is 4.99 Å². The van der Waals surface area contributed by atoms with Crippen molar-refractivity contribution >= 4 is 11.8 Å². The van der Waals surface area contributed by atoms with Gasteiger partial charge >= 0.3 is 0 Å². The van der Waals surface area contributed by atoms with Gasteiger partial charge in [0.25, 0.3) is 0 Å². The standard InChI is InChI=1S/C20H27N5/c1-16-7-8-18(17(2)14-16)15-23-20(21-3)25-12-10-24(11-13-25)19-6-4-5-9-22-19/h4-9,14H,10-13,15H2,1-3H3,(H,21,23). The first-order valence-corrected chi connectivity index (χ1v) is 8.85. The third kappa shape index (κ3) is 4.29. The van der Waals surface area contributed by atoms with E-state index in [9.17, 15) is 0 Å². The maximum atomic E-state index is 4.47. The van der Waals surface area contributed by atoms with E-state index in [4.69, 9.17) is 0 Å². The van der Waals surface area contributed by atoms with Crippen molar-refractivity contribution in [2.45, 2.75) is 20.4 Å². The minimum atomic E-state index is 0.805. The summed E-state index contributed by atoms with van der Waals surface area (Å²) in [4.78, 5) is 13.6. The molecule has 0 atom stereocenters. The second-order valence-electron chi connectivity index (χ2n) is 6.49. The van der Waals surface area contributed by atoms with Crippen LogP contribution in [0.25, 0.3) is 0 Å². The molecule has 0 amide bonds. The second-order valence-corrected chi connectivity index (χ2v) is 6.49. The lowest BCUT2D eigenvalue weighted by Crippen LogP contribution is -2.52. The van der Waals surface area contributed by atoms with Crippen LogP contribution >= 0.6 is 0 Å². The number of nitrogens with one attached hydrogen (secondary N) is 1. The lowest BCUT2D eigenvalue weighted by Gasteiger charge is -2.37. The number of guanidine groups is 1. The van der Waals surface area contributed by atoms with Crippen LogP contribution in [0.15, 0.2) is 47.6 Å². The lowest BCUT2D eigenvalue weighted by atomic mass is 10.1. The van der Waals surface area contributed by atoms with Crippen LogP contribution in [0.3, 0.4) is 0 Å². The van der Waals surface area contributed by atoms with E-state index in [1.807, 2.05) is 25.4 Å². The highest BCUT2D eigenvalue weighted by molar-refractivity contribution is 5.80. The van der Waals surface area contributed by atoms with Gasteiger partial charge < -0.3 is 15.1 Å². The topological polar surface area (TPSA) is 43.8 Å². The van der Waals surface area contributed by atoms with Crippen LogP contribution in [0.4, 0.5) is 5.82 Å². The average molecular weight is 337 g/mol. The van der Waals surface area contributed by atoms with E-state index in [0.29, 0.717) is 0 Å². The Labute approximate surface area is 150 Å². The van der Waals surface area contributed by atoms with Gasteiger partial charge in [0.15, 0.2) is 5.96 Å². The number of aryl methyl sites for hydroxylation is 2. The number of hydrogen-bond donors (Lipinski definition) is 1. The van der Waals surface area contributed by atoms with Crippen molar-refractivity contribution in [1.82, 2.24) is 15.2 Å². The number of nitrogens with zero attached hydrogens (tertiary/aromatic N) is 4. The van der Waals surface area contributed by atoms with Crippen LogP contribution in [0.2, 0.25) is 0 Å². The molecule has 132 valence electrons. The maximum Gasteiger partial charge on any atom is 0.194 e. The number of anilines is 1. The molecule has 1 aromatic heterocycles. The van der Waals surface area contributed by atoms with E-state index in [0.717, 1.165) is 44.5 Å². The van der Waals surface area contributed by atoms with Crippen molar-refractivity contribution in [3.8, 4) is 0 Å². The number of hydrogen-bond acceptors (Lipinski definition) is 3. The highest BCUT2D eigenvalue weighted by Gasteiger charge is 2.20. The predicted molar refractivity (Wildman–Crippen MR) is 104 cm³/mol. The quantitative estimate of drug-likeness (QED) is 0.691. The van der Waals surface area contributed by atoms with E-state index >= 15 is 0 Å². The van der Waals surface area contributed by atoms with Gasteiger partial charge in [-0.25, -0.2) is 4.98 Å². The van der Waals surface area contributed by atoms with Crippen molar-refractivity contribution < 1.29 is 0 Å². The smallest absolute Gasteiger partial charge is 0.194 e. The molecule has 5 heteroatoms. The number of pyridine rings is 1. The molecule has 1 N–H and O–H groups in total. The van der Waals surface area contributed by atoms with Crippen LogP contribution < -0.4 is 10.2 Å². The zero-order valence-electron chi connectivity index (χ0n) is 15.4. The van der Waals surface area contributed by atoms with Gasteiger partial charge in [0, 0.05) is 46.0 Å². The molecule has 3 rings (SSSR count). The molecule has 1 aliphatic rings. The number of rotatable bonds is 3. The second kappa shape index (κ2) is 8.01. The van der Waals surface area contributed by atoms with Crippen LogP contribution in [-0.4, -0.2) is 49.1 Å². The zero-order chi connectivity index (χ0) is 17.6. The van der Waals surface area contributed by atoms with Crippen molar-refractivity contribution in [3.05, 3.63) is 59.3 Å². The zero-order valence-corrected chi connectivity index (χ0v) is 15.4. The minimum absolute atomic E-state index is 0.805. The number of aliphatic imine (C=N–C) groups is 1. The van der Waals surface area contributed by atoms with Crippen molar-refractivity contribution in [2.75, 3.05) is 38.1 Å². The maximum absolute atomic E-state index is 4.47. The van der Waals surface area contributed by atoms with Crippen LogP contribution in [0.1, 0.15) is 16.7 Å². The molecule has 1 aromatic carbocycles. The van der Waals surface area contributed by atoms with Gasteiger partial charge in [-0.2, -0.15) is 0 Å². The molecule has 0 unspecified atom stereocenters. The van der Waals surface area contributed by atoms with Gasteiger partial charge in [-0.05, 0) is 37.1 Å². The van der Waals surface area contributed by atoms with E-state index in [1.54, 1.807) is 0 Å². The van der Waals surface area contributed by atoms with Gasteiger partial charge in [0.2, 0.25) is 0 Å². The lowest BCUT2D eigenvalue weighted by molar-refractivity contribution is 0.371. The van der Waals surface area contributed by atoms with Gasteiger partial charge in [-0.15, -0.1) is 0 Å². The Morgan fingerprint density at radius 2 is 1.92 bits per heavy atom. The van der Waals surface area contributed by atoms with Gasteiger partial charge in [0.1, 0.15) is 5.82 Å². The molecular weight excluding hydrogens is 310 g/mol. The number of aromatic nitrogens is 1. The summed E-state index contributed by atoms with van der Waals surface area (Å²) >= 11 is 0. The average Bonchev–Trinajstić information content (AvgIpc) is 2.65. The van der Waals surface area contributed by atoms with E-state index < -0.39 is 0 Å². The molecular formula is C20H27N5. The third-order valence-electron chi connectivity index (χ3n) is 4.70. The van der Waals surface area contributed by atoms with E-state index in [2.05, 4.69) is 63.2 Å². The Hall–Kier alpha value is -2.56. The molecule has 0 aliphatic carbocycles. The first kappa shape index (κ1) is 17.3. The Morgan fingerprint density at radius 3 is 2.56 bits per heavy atom. The monoisotopic (exact) mass is 337 g/mol. The molecule has 2 aromatic rings. The summed E-state index contributed by atoms with van der Waals surface area (Å²) in [6, 6.07) is 12.7. The molecule has 25 heavy (non-hydrogen) atoms. The largest absolute Gasteiger partial charge is 0.353 e.